The van der Waals surface area contributed by atoms with Gasteiger partial charge in [-0.25, -0.2) is 4.98 Å². The van der Waals surface area contributed by atoms with E-state index in [9.17, 15) is 9.00 Å². The smallest absolute Gasteiger partial charge is 0.303 e. The summed E-state index contributed by atoms with van der Waals surface area (Å²) in [5, 5.41) is 8.84. The molecule has 0 spiro atoms. The van der Waals surface area contributed by atoms with Crippen LogP contribution in [0, 0.1) is 12.3 Å². The quantitative estimate of drug-likeness (QED) is 0.221. The molecule has 0 saturated heterocycles. The molecule has 1 aliphatic carbocycles. The summed E-state index contributed by atoms with van der Waals surface area (Å²) < 4.78 is 23.5. The van der Waals surface area contributed by atoms with E-state index in [-0.39, 0.29) is 6.42 Å². The molecule has 4 rings (SSSR count). The van der Waals surface area contributed by atoms with E-state index in [1.54, 1.807) is 6.92 Å². The molecule has 6 nitrogen and oxygen atoms in total. The first-order valence-electron chi connectivity index (χ1n) is 13.3. The molecule has 0 aliphatic heterocycles. The average molecular weight is 548 g/mol. The van der Waals surface area contributed by atoms with Crippen molar-refractivity contribution >= 4 is 16.8 Å². The zero-order valence-corrected chi connectivity index (χ0v) is 23.6. The Hall–Kier alpha value is -3.63. The van der Waals surface area contributed by atoms with E-state index in [0.29, 0.717) is 37.0 Å². The SMILES string of the molecule is C#CC.CCS(=O)CCCOc1ccc2c(n1)CCCc1ccc(COc3ccc(CCC(=O)O)cc3)cc1-2. The Labute approximate surface area is 234 Å². The number of ether oxygens (including phenoxy) is 2. The van der Waals surface area contributed by atoms with Crippen molar-refractivity contribution in [2.24, 2.45) is 0 Å². The Morgan fingerprint density at radius 3 is 2.51 bits per heavy atom. The van der Waals surface area contributed by atoms with Gasteiger partial charge in [-0.1, -0.05) is 31.2 Å². The molecule has 1 aromatic heterocycles. The van der Waals surface area contributed by atoms with Crippen LogP contribution in [0.4, 0.5) is 0 Å². The summed E-state index contributed by atoms with van der Waals surface area (Å²) in [6, 6.07) is 18.2. The van der Waals surface area contributed by atoms with Crippen molar-refractivity contribution in [2.75, 3.05) is 18.1 Å². The van der Waals surface area contributed by atoms with Gasteiger partial charge in [0.05, 0.1) is 12.3 Å². The Bertz CT molecular complexity index is 1300. The summed E-state index contributed by atoms with van der Waals surface area (Å²) in [7, 11) is -0.764. The van der Waals surface area contributed by atoms with Crippen LogP contribution in [-0.2, 0) is 41.5 Å². The van der Waals surface area contributed by atoms with Crippen molar-refractivity contribution in [1.29, 1.82) is 0 Å². The van der Waals surface area contributed by atoms with E-state index >= 15 is 0 Å². The second-order valence-electron chi connectivity index (χ2n) is 9.24. The highest BCUT2D eigenvalue weighted by atomic mass is 32.2. The number of aliphatic carboxylic acids is 1. The van der Waals surface area contributed by atoms with E-state index in [1.165, 1.54) is 11.1 Å². The lowest BCUT2D eigenvalue weighted by Crippen LogP contribution is -2.07. The van der Waals surface area contributed by atoms with E-state index in [4.69, 9.17) is 19.6 Å². The van der Waals surface area contributed by atoms with Crippen LogP contribution >= 0.6 is 0 Å². The standard InChI is InChI=1S/C29H33NO5S.C3H4/c1-2-36(33)18-4-17-34-28-15-14-25-26-19-22(7-11-23(26)5-3-6-27(25)30-28)20-35-24-12-8-21(9-13-24)10-16-29(31)32;1-3-2/h7-9,11-15,19H,2-6,10,16-18,20H2,1H3,(H,31,32);1H,2H3. The van der Waals surface area contributed by atoms with Gasteiger partial charge in [0.2, 0.25) is 5.88 Å². The number of aryl methyl sites for hydroxylation is 3. The number of hydrogen-bond donors (Lipinski definition) is 1. The van der Waals surface area contributed by atoms with Gasteiger partial charge in [0.1, 0.15) is 12.4 Å². The highest BCUT2D eigenvalue weighted by molar-refractivity contribution is 7.84. The van der Waals surface area contributed by atoms with E-state index in [1.807, 2.05) is 37.3 Å². The number of carbonyl (C=O) groups is 1. The van der Waals surface area contributed by atoms with Crippen LogP contribution in [0.1, 0.15) is 55.5 Å². The van der Waals surface area contributed by atoms with Gasteiger partial charge in [-0.3, -0.25) is 9.00 Å². The molecule has 1 aliphatic rings. The largest absolute Gasteiger partial charge is 0.489 e. The number of hydrogen-bond acceptors (Lipinski definition) is 5. The number of carboxylic acid groups (broad SMARTS) is 1. The van der Waals surface area contributed by atoms with Crippen molar-refractivity contribution in [3.05, 3.63) is 77.0 Å². The number of fused-ring (bicyclic) bond motifs is 3. The molecule has 39 heavy (non-hydrogen) atoms. The molecule has 2 aromatic carbocycles. The van der Waals surface area contributed by atoms with Gasteiger partial charge in [0, 0.05) is 40.4 Å². The molecular weight excluding hydrogens is 510 g/mol. The predicted octanol–water partition coefficient (Wildman–Crippen LogP) is 6.01. The van der Waals surface area contributed by atoms with Crippen molar-refractivity contribution in [1.82, 2.24) is 4.98 Å². The van der Waals surface area contributed by atoms with Crippen LogP contribution in [-0.4, -0.2) is 38.4 Å². The number of aromatic nitrogens is 1. The van der Waals surface area contributed by atoms with Gasteiger partial charge in [-0.15, -0.1) is 12.3 Å². The molecule has 0 amide bonds. The molecule has 1 unspecified atom stereocenters. The minimum atomic E-state index is -0.791. The van der Waals surface area contributed by atoms with Gasteiger partial charge >= 0.3 is 5.97 Å². The third-order valence-electron chi connectivity index (χ3n) is 6.32. The summed E-state index contributed by atoms with van der Waals surface area (Å²) in [5.74, 6) is 4.19. The number of terminal acetylenes is 1. The minimum absolute atomic E-state index is 0.125. The topological polar surface area (TPSA) is 85.7 Å². The molecular formula is C32H37NO5S. The summed E-state index contributed by atoms with van der Waals surface area (Å²) in [6.07, 6.45) is 8.94. The first-order valence-corrected chi connectivity index (χ1v) is 14.8. The number of nitrogens with zero attached hydrogens (tertiary/aromatic N) is 1. The summed E-state index contributed by atoms with van der Waals surface area (Å²) in [4.78, 5) is 15.6. The Morgan fingerprint density at radius 2 is 1.79 bits per heavy atom. The fourth-order valence-electron chi connectivity index (χ4n) is 4.34. The Balaban J connectivity index is 0.00000134. The molecule has 0 saturated carbocycles. The first kappa shape index (κ1) is 29.9. The number of benzene rings is 2. The maximum atomic E-state index is 11.6. The highest BCUT2D eigenvalue weighted by Gasteiger charge is 2.17. The third-order valence-corrected chi connectivity index (χ3v) is 7.71. The molecule has 0 bridgehead atoms. The second kappa shape index (κ2) is 15.7. The van der Waals surface area contributed by atoms with Crippen molar-refractivity contribution < 1.29 is 23.6 Å². The molecule has 0 fully saturated rings. The van der Waals surface area contributed by atoms with Gasteiger partial charge in [0.25, 0.3) is 0 Å². The lowest BCUT2D eigenvalue weighted by atomic mass is 9.97. The molecule has 0 radical (unpaired) electrons. The molecule has 7 heteroatoms. The minimum Gasteiger partial charge on any atom is -0.489 e. The van der Waals surface area contributed by atoms with Crippen LogP contribution in [0.15, 0.2) is 54.6 Å². The third kappa shape index (κ3) is 9.56. The van der Waals surface area contributed by atoms with Gasteiger partial charge in [0.15, 0.2) is 0 Å². The van der Waals surface area contributed by atoms with Crippen LogP contribution < -0.4 is 9.47 Å². The Morgan fingerprint density at radius 1 is 1.05 bits per heavy atom. The summed E-state index contributed by atoms with van der Waals surface area (Å²) in [5.41, 5.74) is 6.78. The molecule has 1 atom stereocenters. The predicted molar refractivity (Wildman–Crippen MR) is 157 cm³/mol. The van der Waals surface area contributed by atoms with Gasteiger partial charge in [-0.2, -0.15) is 0 Å². The van der Waals surface area contributed by atoms with Crippen LogP contribution in [0.2, 0.25) is 0 Å². The molecule has 1 N–H and O–H groups in total. The molecule has 3 aromatic rings. The number of rotatable bonds is 12. The first-order chi connectivity index (χ1) is 18.9. The van der Waals surface area contributed by atoms with Crippen molar-refractivity contribution in [3.63, 3.8) is 0 Å². The Kier molecular flexibility index (Phi) is 12.0. The fraction of sp³-hybridized carbons (Fsp3) is 0.375. The monoisotopic (exact) mass is 547 g/mol. The van der Waals surface area contributed by atoms with Crippen molar-refractivity contribution in [2.45, 2.75) is 59.0 Å². The molecule has 1 heterocycles. The normalized spacial score (nSPS) is 12.4. The van der Waals surface area contributed by atoms with Crippen LogP contribution in [0.5, 0.6) is 11.6 Å². The van der Waals surface area contributed by atoms with Gasteiger partial charge < -0.3 is 14.6 Å². The maximum Gasteiger partial charge on any atom is 0.303 e. The lowest BCUT2D eigenvalue weighted by molar-refractivity contribution is -0.136. The average Bonchev–Trinajstić information content (AvgIpc) is 3.12. The zero-order chi connectivity index (χ0) is 28.0. The maximum absolute atomic E-state index is 11.6. The van der Waals surface area contributed by atoms with E-state index in [2.05, 4.69) is 36.6 Å². The second-order valence-corrected chi connectivity index (χ2v) is 11.1. The summed E-state index contributed by atoms with van der Waals surface area (Å²) in [6.45, 7) is 4.56. The highest BCUT2D eigenvalue weighted by Crippen LogP contribution is 2.34. The van der Waals surface area contributed by atoms with Crippen molar-refractivity contribution in [3.8, 4) is 35.1 Å². The number of carboxylic acids is 1. The van der Waals surface area contributed by atoms with Crippen LogP contribution in [0.25, 0.3) is 11.1 Å². The molecule has 206 valence electrons. The number of pyridine rings is 1. The zero-order valence-electron chi connectivity index (χ0n) is 22.8. The van der Waals surface area contributed by atoms with Crippen LogP contribution in [0.3, 0.4) is 0 Å². The summed E-state index contributed by atoms with van der Waals surface area (Å²) >= 11 is 0. The lowest BCUT2D eigenvalue weighted by Gasteiger charge is -2.13. The van der Waals surface area contributed by atoms with E-state index < -0.39 is 16.8 Å². The van der Waals surface area contributed by atoms with Gasteiger partial charge in [-0.05, 0) is 85.5 Å². The van der Waals surface area contributed by atoms with E-state index in [0.717, 1.165) is 53.8 Å². The fourth-order valence-corrected chi connectivity index (χ4v) is 5.07.